The van der Waals surface area contributed by atoms with Crippen LogP contribution < -0.4 is 5.32 Å². The number of hydrogen-bond acceptors (Lipinski definition) is 2. The van der Waals surface area contributed by atoms with Crippen LogP contribution in [-0.4, -0.2) is 6.04 Å². The molecule has 0 fully saturated rings. The van der Waals surface area contributed by atoms with Crippen LogP contribution in [0.1, 0.15) is 38.3 Å². The van der Waals surface area contributed by atoms with Crippen LogP contribution in [0.4, 0.5) is 4.39 Å². The highest BCUT2D eigenvalue weighted by molar-refractivity contribution is 5.34. The number of benzene rings is 1. The molecule has 1 unspecified atom stereocenters. The highest BCUT2D eigenvalue weighted by Crippen LogP contribution is 2.12. The van der Waals surface area contributed by atoms with Crippen LogP contribution in [0.3, 0.4) is 0 Å². The van der Waals surface area contributed by atoms with Gasteiger partial charge in [-0.3, -0.25) is 0 Å². The first kappa shape index (κ1) is 13.7. The topological polar surface area (TPSA) is 35.8 Å². The number of halogens is 1. The summed E-state index contributed by atoms with van der Waals surface area (Å²) in [5.74, 6) is 0.215. The van der Waals surface area contributed by atoms with E-state index in [1.807, 2.05) is 6.07 Å². The molecule has 1 atom stereocenters. The van der Waals surface area contributed by atoms with Gasteiger partial charge in [-0.2, -0.15) is 5.26 Å². The molecule has 17 heavy (non-hydrogen) atoms. The van der Waals surface area contributed by atoms with Crippen molar-refractivity contribution in [3.63, 3.8) is 0 Å². The fraction of sp³-hybridized carbons (Fsp3) is 0.500. The number of rotatable bonds is 5. The number of nitrogens with one attached hydrogen (secondary N) is 1. The van der Waals surface area contributed by atoms with Crippen LogP contribution in [0.25, 0.3) is 0 Å². The summed E-state index contributed by atoms with van der Waals surface area (Å²) in [4.78, 5) is 0. The minimum atomic E-state index is -0.403. The molecule has 0 spiro atoms. The maximum Gasteiger partial charge on any atom is 0.145 e. The van der Waals surface area contributed by atoms with Gasteiger partial charge >= 0.3 is 0 Å². The lowest BCUT2D eigenvalue weighted by Gasteiger charge is -2.16. The van der Waals surface area contributed by atoms with E-state index < -0.39 is 5.82 Å². The molecule has 0 saturated carbocycles. The summed E-state index contributed by atoms with van der Waals surface area (Å²) in [6.45, 7) is 6.88. The van der Waals surface area contributed by atoms with E-state index >= 15 is 0 Å². The Kier molecular flexibility index (Phi) is 5.11. The summed E-state index contributed by atoms with van der Waals surface area (Å²) in [5.41, 5.74) is 0.667. The molecule has 1 aromatic carbocycles. The number of hydrogen-bond donors (Lipinski definition) is 1. The molecule has 92 valence electrons. The van der Waals surface area contributed by atoms with Gasteiger partial charge in [-0.1, -0.05) is 26.0 Å². The summed E-state index contributed by atoms with van der Waals surface area (Å²) < 4.78 is 13.7. The molecule has 0 amide bonds. The molecule has 0 aliphatic rings. The molecule has 0 saturated heterocycles. The Bertz CT molecular complexity index is 407. The molecule has 2 nitrogen and oxygen atoms in total. The van der Waals surface area contributed by atoms with Crippen LogP contribution in [-0.2, 0) is 6.54 Å². The van der Waals surface area contributed by atoms with Gasteiger partial charge in [-0.25, -0.2) is 4.39 Å². The van der Waals surface area contributed by atoms with Crippen LogP contribution in [0.15, 0.2) is 18.2 Å². The van der Waals surface area contributed by atoms with E-state index in [-0.39, 0.29) is 5.56 Å². The van der Waals surface area contributed by atoms with E-state index in [2.05, 4.69) is 26.1 Å². The molecule has 0 bridgehead atoms. The Hall–Kier alpha value is -1.40. The van der Waals surface area contributed by atoms with E-state index in [1.165, 1.54) is 6.07 Å². The second kappa shape index (κ2) is 6.36. The number of nitrogens with zero attached hydrogens (tertiary/aromatic N) is 1. The van der Waals surface area contributed by atoms with E-state index in [0.29, 0.717) is 24.1 Å². The quantitative estimate of drug-likeness (QED) is 0.849. The highest BCUT2D eigenvalue weighted by atomic mass is 19.1. The van der Waals surface area contributed by atoms with Gasteiger partial charge in [-0.15, -0.1) is 0 Å². The van der Waals surface area contributed by atoms with Gasteiger partial charge in [-0.05, 0) is 25.3 Å². The van der Waals surface area contributed by atoms with Crippen molar-refractivity contribution in [3.8, 4) is 6.07 Å². The SMILES string of the molecule is CC(C)CC(C)NCc1cccc(C#N)c1F. The van der Waals surface area contributed by atoms with Gasteiger partial charge in [0, 0.05) is 18.2 Å². The molecule has 1 rings (SSSR count). The molecular formula is C14H19FN2. The zero-order valence-electron chi connectivity index (χ0n) is 10.6. The maximum absolute atomic E-state index is 13.7. The summed E-state index contributed by atoms with van der Waals surface area (Å²) in [5, 5.41) is 12.0. The second-order valence-electron chi connectivity index (χ2n) is 4.80. The normalized spacial score (nSPS) is 12.5. The Morgan fingerprint density at radius 3 is 2.65 bits per heavy atom. The molecule has 3 heteroatoms. The predicted molar refractivity (Wildman–Crippen MR) is 66.9 cm³/mol. The largest absolute Gasteiger partial charge is 0.310 e. The van der Waals surface area contributed by atoms with Crippen LogP contribution >= 0.6 is 0 Å². The third kappa shape index (κ3) is 4.16. The first-order chi connectivity index (χ1) is 8.04. The van der Waals surface area contributed by atoms with Crippen molar-refractivity contribution in [2.75, 3.05) is 0 Å². The second-order valence-corrected chi connectivity index (χ2v) is 4.80. The average molecular weight is 234 g/mol. The third-order valence-electron chi connectivity index (χ3n) is 2.67. The van der Waals surface area contributed by atoms with E-state index in [9.17, 15) is 4.39 Å². The fourth-order valence-corrected chi connectivity index (χ4v) is 1.88. The molecule has 0 aromatic heterocycles. The van der Waals surface area contributed by atoms with Crippen molar-refractivity contribution in [2.45, 2.75) is 39.8 Å². The van der Waals surface area contributed by atoms with Crippen LogP contribution in [0, 0.1) is 23.1 Å². The standard InChI is InChI=1S/C14H19FN2/c1-10(2)7-11(3)17-9-13-6-4-5-12(8-16)14(13)15/h4-6,10-11,17H,7,9H2,1-3H3. The highest BCUT2D eigenvalue weighted by Gasteiger charge is 2.09. The first-order valence-electron chi connectivity index (χ1n) is 5.95. The van der Waals surface area contributed by atoms with E-state index in [0.717, 1.165) is 6.42 Å². The smallest absolute Gasteiger partial charge is 0.145 e. The van der Waals surface area contributed by atoms with Gasteiger partial charge in [0.1, 0.15) is 11.9 Å². The van der Waals surface area contributed by atoms with Crippen molar-refractivity contribution in [3.05, 3.63) is 35.1 Å². The summed E-state index contributed by atoms with van der Waals surface area (Å²) in [6.07, 6.45) is 1.06. The zero-order chi connectivity index (χ0) is 12.8. The van der Waals surface area contributed by atoms with Crippen molar-refractivity contribution in [1.82, 2.24) is 5.32 Å². The van der Waals surface area contributed by atoms with Crippen molar-refractivity contribution in [1.29, 1.82) is 5.26 Å². The van der Waals surface area contributed by atoms with Crippen molar-refractivity contribution < 1.29 is 4.39 Å². The lowest BCUT2D eigenvalue weighted by Crippen LogP contribution is -2.27. The lowest BCUT2D eigenvalue weighted by molar-refractivity contribution is 0.437. The van der Waals surface area contributed by atoms with Gasteiger partial charge < -0.3 is 5.32 Å². The third-order valence-corrected chi connectivity index (χ3v) is 2.67. The van der Waals surface area contributed by atoms with Crippen molar-refractivity contribution >= 4 is 0 Å². The molecule has 0 aliphatic heterocycles. The fourth-order valence-electron chi connectivity index (χ4n) is 1.88. The van der Waals surface area contributed by atoms with Gasteiger partial charge in [0.05, 0.1) is 5.56 Å². The summed E-state index contributed by atoms with van der Waals surface area (Å²) >= 11 is 0. The van der Waals surface area contributed by atoms with Gasteiger partial charge in [0.15, 0.2) is 0 Å². The Morgan fingerprint density at radius 1 is 1.35 bits per heavy atom. The number of nitriles is 1. The monoisotopic (exact) mass is 234 g/mol. The average Bonchev–Trinajstić information content (AvgIpc) is 2.27. The van der Waals surface area contributed by atoms with E-state index in [4.69, 9.17) is 5.26 Å². The Morgan fingerprint density at radius 2 is 2.06 bits per heavy atom. The molecule has 0 aliphatic carbocycles. The van der Waals surface area contributed by atoms with Gasteiger partial charge in [0.25, 0.3) is 0 Å². The van der Waals surface area contributed by atoms with Crippen LogP contribution in [0.2, 0.25) is 0 Å². The molecule has 1 N–H and O–H groups in total. The molecule has 1 aromatic rings. The molecule has 0 heterocycles. The Labute approximate surface area is 102 Å². The van der Waals surface area contributed by atoms with Crippen molar-refractivity contribution in [2.24, 2.45) is 5.92 Å². The molecular weight excluding hydrogens is 215 g/mol. The predicted octanol–water partition coefficient (Wildman–Crippen LogP) is 3.22. The van der Waals surface area contributed by atoms with Crippen LogP contribution in [0.5, 0.6) is 0 Å². The van der Waals surface area contributed by atoms with E-state index in [1.54, 1.807) is 12.1 Å². The first-order valence-corrected chi connectivity index (χ1v) is 5.95. The maximum atomic E-state index is 13.7. The molecule has 0 radical (unpaired) electrons. The Balaban J connectivity index is 2.61. The summed E-state index contributed by atoms with van der Waals surface area (Å²) in [6, 6.07) is 7.12. The van der Waals surface area contributed by atoms with Gasteiger partial charge in [0.2, 0.25) is 0 Å². The minimum Gasteiger partial charge on any atom is -0.310 e. The minimum absolute atomic E-state index is 0.112. The zero-order valence-corrected chi connectivity index (χ0v) is 10.6. The summed E-state index contributed by atoms with van der Waals surface area (Å²) in [7, 11) is 0. The lowest BCUT2D eigenvalue weighted by atomic mass is 10.0.